The molecule has 0 aromatic heterocycles. The summed E-state index contributed by atoms with van der Waals surface area (Å²) < 4.78 is 27.6. The molecule has 4 rings (SSSR count). The molecule has 0 radical (unpaired) electrons. The van der Waals surface area contributed by atoms with Crippen LogP contribution in [0.4, 0.5) is 8.78 Å². The predicted molar refractivity (Wildman–Crippen MR) is 78.0 cm³/mol. The summed E-state index contributed by atoms with van der Waals surface area (Å²) in [6.45, 7) is 1.48. The van der Waals surface area contributed by atoms with Gasteiger partial charge in [0.1, 0.15) is 11.6 Å². The highest BCUT2D eigenvalue weighted by atomic mass is 19.1. The topological polar surface area (TPSA) is 46.3 Å². The molecule has 3 aliphatic rings. The number of benzene rings is 1. The van der Waals surface area contributed by atoms with Gasteiger partial charge >= 0.3 is 0 Å². The van der Waals surface area contributed by atoms with Crippen LogP contribution in [0.5, 0.6) is 0 Å². The zero-order chi connectivity index (χ0) is 15.4. The Labute approximate surface area is 128 Å². The van der Waals surface area contributed by atoms with E-state index < -0.39 is 11.6 Å². The number of nitrogens with zero attached hydrogens (tertiary/aromatic N) is 1. The number of carbonyl (C=O) groups excluding carboxylic acids is 1. The Morgan fingerprint density at radius 1 is 1.18 bits per heavy atom. The summed E-state index contributed by atoms with van der Waals surface area (Å²) in [6.07, 6.45) is 2.68. The van der Waals surface area contributed by atoms with Crippen LogP contribution >= 0.6 is 0 Å². The molecular weight excluding hydrogens is 286 g/mol. The molecule has 2 aliphatic carbocycles. The van der Waals surface area contributed by atoms with Gasteiger partial charge in [0.15, 0.2) is 0 Å². The van der Waals surface area contributed by atoms with Crippen molar-refractivity contribution in [1.82, 2.24) is 4.90 Å². The fourth-order valence-electron chi connectivity index (χ4n) is 4.37. The van der Waals surface area contributed by atoms with Gasteiger partial charge in [0.2, 0.25) is 5.91 Å². The van der Waals surface area contributed by atoms with E-state index in [0.29, 0.717) is 24.8 Å². The number of carbonyl (C=O) groups is 1. The molecule has 1 aliphatic heterocycles. The number of hydrogen-bond donors (Lipinski definition) is 1. The summed E-state index contributed by atoms with van der Waals surface area (Å²) in [5, 5.41) is 0. The Balaban J connectivity index is 1.46. The van der Waals surface area contributed by atoms with Crippen LogP contribution in [-0.2, 0) is 4.79 Å². The van der Waals surface area contributed by atoms with Crippen LogP contribution in [0.15, 0.2) is 18.2 Å². The summed E-state index contributed by atoms with van der Waals surface area (Å²) in [7, 11) is 0. The van der Waals surface area contributed by atoms with E-state index in [2.05, 4.69) is 0 Å². The minimum Gasteiger partial charge on any atom is -0.342 e. The second-order valence-electron chi connectivity index (χ2n) is 6.99. The second kappa shape index (κ2) is 5.01. The van der Waals surface area contributed by atoms with Gasteiger partial charge in [0.05, 0.1) is 0 Å². The first kappa shape index (κ1) is 14.1. The average Bonchev–Trinajstić information content (AvgIpc) is 3.01. The van der Waals surface area contributed by atoms with E-state index in [1.54, 1.807) is 0 Å². The van der Waals surface area contributed by atoms with Crippen LogP contribution in [0, 0.1) is 29.4 Å². The summed E-state index contributed by atoms with van der Waals surface area (Å²) in [5.74, 6) is -0.674. The monoisotopic (exact) mass is 306 g/mol. The quantitative estimate of drug-likeness (QED) is 0.911. The minimum absolute atomic E-state index is 0.0502. The summed E-state index contributed by atoms with van der Waals surface area (Å²) >= 11 is 0. The number of nitrogens with two attached hydrogens (primary N) is 1. The molecule has 1 aromatic rings. The van der Waals surface area contributed by atoms with Gasteiger partial charge < -0.3 is 10.6 Å². The number of fused-ring (bicyclic) bond motifs is 1. The number of amides is 1. The summed E-state index contributed by atoms with van der Waals surface area (Å²) in [5.41, 5.74) is 6.18. The Kier molecular flexibility index (Phi) is 3.22. The normalized spacial score (nSPS) is 36.5. The van der Waals surface area contributed by atoms with Gasteiger partial charge in [-0.2, -0.15) is 0 Å². The highest BCUT2D eigenvalue weighted by molar-refractivity contribution is 5.83. The van der Waals surface area contributed by atoms with Gasteiger partial charge in [0.25, 0.3) is 0 Å². The number of halogens is 2. The van der Waals surface area contributed by atoms with Crippen LogP contribution in [0.2, 0.25) is 0 Å². The Morgan fingerprint density at radius 2 is 1.91 bits per heavy atom. The van der Waals surface area contributed by atoms with Crippen molar-refractivity contribution in [2.24, 2.45) is 23.5 Å². The third-order valence-corrected chi connectivity index (χ3v) is 5.70. The Bertz CT molecular complexity index is 600. The van der Waals surface area contributed by atoms with E-state index in [4.69, 9.17) is 5.73 Å². The van der Waals surface area contributed by atoms with Gasteiger partial charge in [-0.25, -0.2) is 8.78 Å². The van der Waals surface area contributed by atoms with E-state index in [0.717, 1.165) is 19.4 Å². The molecule has 3 fully saturated rings. The van der Waals surface area contributed by atoms with Gasteiger partial charge in [-0.3, -0.25) is 4.79 Å². The van der Waals surface area contributed by atoms with Gasteiger partial charge in [-0.05, 0) is 43.2 Å². The predicted octanol–water partition coefficient (Wildman–Crippen LogP) is 2.26. The maximum absolute atomic E-state index is 13.8. The van der Waals surface area contributed by atoms with E-state index in [1.807, 2.05) is 4.90 Å². The van der Waals surface area contributed by atoms with Crippen molar-refractivity contribution in [3.8, 4) is 0 Å². The number of likely N-dealkylation sites (tertiary alicyclic amines) is 1. The lowest BCUT2D eigenvalue weighted by Crippen LogP contribution is -2.34. The molecule has 22 heavy (non-hydrogen) atoms. The van der Waals surface area contributed by atoms with Crippen LogP contribution in [0.1, 0.15) is 30.7 Å². The fraction of sp³-hybridized carbons (Fsp3) is 0.588. The average molecular weight is 306 g/mol. The lowest BCUT2D eigenvalue weighted by molar-refractivity contribution is -0.131. The molecular formula is C17H20F2N2O. The van der Waals surface area contributed by atoms with Crippen LogP contribution < -0.4 is 5.73 Å². The SMILES string of the molecule is NC1CCC2CN(C(=O)C3CC3c3c(F)cccc3F)CC12. The lowest BCUT2D eigenvalue weighted by Gasteiger charge is -2.19. The van der Waals surface area contributed by atoms with Crippen molar-refractivity contribution < 1.29 is 13.6 Å². The van der Waals surface area contributed by atoms with E-state index in [1.165, 1.54) is 18.2 Å². The maximum atomic E-state index is 13.8. The molecule has 3 nitrogen and oxygen atoms in total. The zero-order valence-corrected chi connectivity index (χ0v) is 12.3. The third kappa shape index (κ3) is 2.14. The standard InChI is InChI=1S/C17H20F2N2O/c18-13-2-1-3-14(19)16(13)10-6-11(10)17(22)21-7-9-4-5-15(20)12(9)8-21/h1-3,9-12,15H,4-8,20H2. The summed E-state index contributed by atoms with van der Waals surface area (Å²) in [4.78, 5) is 14.5. The smallest absolute Gasteiger partial charge is 0.226 e. The Morgan fingerprint density at radius 3 is 2.59 bits per heavy atom. The first-order chi connectivity index (χ1) is 10.6. The first-order valence-corrected chi connectivity index (χ1v) is 8.04. The molecule has 0 spiro atoms. The van der Waals surface area contributed by atoms with Gasteiger partial charge in [-0.15, -0.1) is 0 Å². The molecule has 5 unspecified atom stereocenters. The third-order valence-electron chi connectivity index (χ3n) is 5.70. The van der Waals surface area contributed by atoms with Crippen molar-refractivity contribution in [2.45, 2.75) is 31.2 Å². The lowest BCUT2D eigenvalue weighted by atomic mass is 9.98. The second-order valence-corrected chi connectivity index (χ2v) is 6.99. The minimum atomic E-state index is -0.541. The van der Waals surface area contributed by atoms with Crippen LogP contribution in [0.25, 0.3) is 0 Å². The first-order valence-electron chi connectivity index (χ1n) is 8.04. The molecule has 0 bridgehead atoms. The highest BCUT2D eigenvalue weighted by Gasteiger charge is 2.51. The van der Waals surface area contributed by atoms with Crippen molar-refractivity contribution >= 4 is 5.91 Å². The zero-order valence-electron chi connectivity index (χ0n) is 12.3. The fourth-order valence-corrected chi connectivity index (χ4v) is 4.37. The molecule has 5 heteroatoms. The van der Waals surface area contributed by atoms with E-state index in [9.17, 15) is 13.6 Å². The van der Waals surface area contributed by atoms with Crippen LogP contribution in [0.3, 0.4) is 0 Å². The Hall–Kier alpha value is -1.49. The van der Waals surface area contributed by atoms with E-state index in [-0.39, 0.29) is 29.3 Å². The van der Waals surface area contributed by atoms with Crippen molar-refractivity contribution in [1.29, 1.82) is 0 Å². The molecule has 1 saturated heterocycles. The van der Waals surface area contributed by atoms with Crippen molar-refractivity contribution in [3.63, 3.8) is 0 Å². The number of hydrogen-bond acceptors (Lipinski definition) is 2. The maximum Gasteiger partial charge on any atom is 0.226 e. The van der Waals surface area contributed by atoms with Gasteiger partial charge in [-0.1, -0.05) is 6.07 Å². The van der Waals surface area contributed by atoms with E-state index >= 15 is 0 Å². The molecule has 2 saturated carbocycles. The molecule has 1 heterocycles. The number of rotatable bonds is 2. The van der Waals surface area contributed by atoms with Gasteiger partial charge in [0, 0.05) is 36.5 Å². The molecule has 118 valence electrons. The van der Waals surface area contributed by atoms with Crippen molar-refractivity contribution in [3.05, 3.63) is 35.4 Å². The largest absolute Gasteiger partial charge is 0.342 e. The molecule has 5 atom stereocenters. The molecule has 2 N–H and O–H groups in total. The molecule has 1 aromatic carbocycles. The highest BCUT2D eigenvalue weighted by Crippen LogP contribution is 2.51. The van der Waals surface area contributed by atoms with Crippen molar-refractivity contribution in [2.75, 3.05) is 13.1 Å². The molecule has 1 amide bonds. The van der Waals surface area contributed by atoms with Crippen LogP contribution in [-0.4, -0.2) is 29.9 Å². The summed E-state index contributed by atoms with van der Waals surface area (Å²) in [6, 6.07) is 4.08.